The van der Waals surface area contributed by atoms with E-state index in [2.05, 4.69) is 20.9 Å². The third-order valence-electron chi connectivity index (χ3n) is 4.58. The van der Waals surface area contributed by atoms with E-state index in [1.54, 1.807) is 6.92 Å². The molecule has 0 radical (unpaired) electrons. The number of rotatable bonds is 1. The first kappa shape index (κ1) is 12.9. The lowest BCUT2D eigenvalue weighted by Crippen LogP contribution is -2.37. The Hall–Kier alpha value is -1.10. The van der Waals surface area contributed by atoms with Gasteiger partial charge in [0.25, 0.3) is 5.91 Å². The molecule has 1 spiro atoms. The number of aryl methyl sites for hydroxylation is 1. The number of hydrogen-bond acceptors (Lipinski definition) is 2. The van der Waals surface area contributed by atoms with Crippen LogP contribution in [0, 0.1) is 12.3 Å². The fraction of sp³-hybridized carbons (Fsp3) is 0.571. The number of aromatic nitrogens is 1. The number of carbonyl (C=O) groups excluding carboxylic acids is 1. The van der Waals surface area contributed by atoms with Crippen LogP contribution >= 0.6 is 15.9 Å². The van der Waals surface area contributed by atoms with Crippen LogP contribution in [0.25, 0.3) is 0 Å². The summed E-state index contributed by atoms with van der Waals surface area (Å²) in [4.78, 5) is 29.4. The van der Waals surface area contributed by atoms with E-state index >= 15 is 0 Å². The highest BCUT2D eigenvalue weighted by molar-refractivity contribution is 9.10. The monoisotopic (exact) mass is 324 g/mol. The lowest BCUT2D eigenvalue weighted by molar-refractivity contribution is 0.0730. The predicted octanol–water partition coefficient (Wildman–Crippen LogP) is 2.46. The third kappa shape index (κ3) is 2.04. The van der Waals surface area contributed by atoms with Crippen molar-refractivity contribution in [1.29, 1.82) is 0 Å². The number of nitrogens with one attached hydrogen (secondary N) is 1. The van der Waals surface area contributed by atoms with Crippen molar-refractivity contribution in [2.24, 2.45) is 5.41 Å². The van der Waals surface area contributed by atoms with Crippen molar-refractivity contribution in [2.45, 2.75) is 32.6 Å². The molecule has 3 rings (SSSR count). The van der Waals surface area contributed by atoms with Crippen LogP contribution in [-0.2, 0) is 0 Å². The van der Waals surface area contributed by atoms with Gasteiger partial charge >= 0.3 is 0 Å². The van der Waals surface area contributed by atoms with Crippen LogP contribution in [0.1, 0.15) is 41.7 Å². The van der Waals surface area contributed by atoms with Crippen LogP contribution in [0.2, 0.25) is 0 Å². The summed E-state index contributed by atoms with van der Waals surface area (Å²) >= 11 is 3.24. The number of H-pyrrole nitrogens is 1. The minimum absolute atomic E-state index is 0.134. The van der Waals surface area contributed by atoms with Crippen molar-refractivity contribution in [3.8, 4) is 0 Å². The lowest BCUT2D eigenvalue weighted by Gasteiger charge is -2.37. The number of pyridine rings is 1. The summed E-state index contributed by atoms with van der Waals surface area (Å²) in [5.74, 6) is -0.134. The predicted molar refractivity (Wildman–Crippen MR) is 76.3 cm³/mol. The molecule has 1 amide bonds. The smallest absolute Gasteiger partial charge is 0.259 e. The zero-order valence-electron chi connectivity index (χ0n) is 11.0. The van der Waals surface area contributed by atoms with Gasteiger partial charge in [0.15, 0.2) is 0 Å². The zero-order chi connectivity index (χ0) is 13.6. The molecule has 2 heterocycles. The van der Waals surface area contributed by atoms with Crippen molar-refractivity contribution >= 4 is 21.8 Å². The number of carbonyl (C=O) groups is 1. The van der Waals surface area contributed by atoms with Crippen molar-refractivity contribution in [3.63, 3.8) is 0 Å². The van der Waals surface area contributed by atoms with Gasteiger partial charge in [-0.25, -0.2) is 0 Å². The minimum atomic E-state index is -0.212. The highest BCUT2D eigenvalue weighted by Gasteiger charge is 2.44. The van der Waals surface area contributed by atoms with Crippen LogP contribution < -0.4 is 5.43 Å². The Morgan fingerprint density at radius 3 is 2.74 bits per heavy atom. The first-order chi connectivity index (χ1) is 9.02. The number of likely N-dealkylation sites (tertiary alicyclic amines) is 1. The summed E-state index contributed by atoms with van der Waals surface area (Å²) < 4.78 is 0.455. The van der Waals surface area contributed by atoms with Gasteiger partial charge in [0, 0.05) is 25.0 Å². The Morgan fingerprint density at radius 1 is 1.42 bits per heavy atom. The molecule has 0 aromatic carbocycles. The molecule has 1 aliphatic heterocycles. The molecule has 5 heteroatoms. The maximum Gasteiger partial charge on any atom is 0.259 e. The van der Waals surface area contributed by atoms with Gasteiger partial charge in [0.2, 0.25) is 5.43 Å². The molecule has 0 atom stereocenters. The van der Waals surface area contributed by atoms with Crippen LogP contribution in [0.4, 0.5) is 0 Å². The molecular weight excluding hydrogens is 308 g/mol. The van der Waals surface area contributed by atoms with Crippen LogP contribution in [0.5, 0.6) is 0 Å². The van der Waals surface area contributed by atoms with Crippen molar-refractivity contribution in [2.75, 3.05) is 13.1 Å². The van der Waals surface area contributed by atoms with E-state index < -0.39 is 0 Å². The van der Waals surface area contributed by atoms with Crippen molar-refractivity contribution in [3.05, 3.63) is 32.2 Å². The van der Waals surface area contributed by atoms with E-state index in [1.165, 1.54) is 25.5 Å². The molecule has 19 heavy (non-hydrogen) atoms. The van der Waals surface area contributed by atoms with Gasteiger partial charge in [0.1, 0.15) is 5.56 Å². The van der Waals surface area contributed by atoms with E-state index in [-0.39, 0.29) is 16.9 Å². The molecule has 1 N–H and O–H groups in total. The van der Waals surface area contributed by atoms with Gasteiger partial charge in [-0.15, -0.1) is 0 Å². The summed E-state index contributed by atoms with van der Waals surface area (Å²) in [6.45, 7) is 3.40. The second kappa shape index (κ2) is 4.47. The first-order valence-corrected chi connectivity index (χ1v) is 7.49. The van der Waals surface area contributed by atoms with Gasteiger partial charge in [-0.05, 0) is 47.5 Å². The summed E-state index contributed by atoms with van der Waals surface area (Å²) in [6.07, 6.45) is 6.36. The minimum Gasteiger partial charge on any atom is -0.363 e. The molecule has 2 aliphatic rings. The average molecular weight is 325 g/mol. The van der Waals surface area contributed by atoms with Crippen molar-refractivity contribution < 1.29 is 4.79 Å². The zero-order valence-corrected chi connectivity index (χ0v) is 12.5. The van der Waals surface area contributed by atoms with Crippen LogP contribution in [0.3, 0.4) is 0 Å². The molecule has 2 fully saturated rings. The highest BCUT2D eigenvalue weighted by Crippen LogP contribution is 2.48. The quantitative estimate of drug-likeness (QED) is 0.862. The van der Waals surface area contributed by atoms with Gasteiger partial charge in [-0.3, -0.25) is 9.59 Å². The molecular formula is C14H17BrN2O2. The average Bonchev–Trinajstić information content (AvgIpc) is 2.81. The maximum absolute atomic E-state index is 12.4. The molecule has 1 saturated carbocycles. The van der Waals surface area contributed by atoms with E-state index in [4.69, 9.17) is 0 Å². The number of halogens is 1. The topological polar surface area (TPSA) is 53.2 Å². The number of aromatic amines is 1. The summed E-state index contributed by atoms with van der Waals surface area (Å²) in [5, 5.41) is 0. The van der Waals surface area contributed by atoms with Gasteiger partial charge in [-0.2, -0.15) is 0 Å². The highest BCUT2D eigenvalue weighted by atomic mass is 79.9. The Morgan fingerprint density at radius 2 is 2.16 bits per heavy atom. The summed E-state index contributed by atoms with van der Waals surface area (Å²) in [7, 11) is 0. The molecule has 0 bridgehead atoms. The van der Waals surface area contributed by atoms with E-state index in [0.29, 0.717) is 9.89 Å². The van der Waals surface area contributed by atoms with Gasteiger partial charge in [-0.1, -0.05) is 6.42 Å². The molecule has 1 aromatic heterocycles. The van der Waals surface area contributed by atoms with E-state index in [1.807, 2.05) is 4.90 Å². The number of hydrogen-bond donors (Lipinski definition) is 1. The standard InChI is InChI=1S/C14H17BrN2O2/c1-9-11(15)12(18)10(7-16-9)13(19)17-6-5-14(8-17)3-2-4-14/h7H,2-6,8H2,1H3,(H,16,18). The molecule has 1 saturated heterocycles. The molecule has 1 aliphatic carbocycles. The van der Waals surface area contributed by atoms with E-state index in [9.17, 15) is 9.59 Å². The van der Waals surface area contributed by atoms with Crippen molar-refractivity contribution in [1.82, 2.24) is 9.88 Å². The molecule has 1 aromatic rings. The largest absolute Gasteiger partial charge is 0.363 e. The lowest BCUT2D eigenvalue weighted by atomic mass is 9.68. The molecule has 102 valence electrons. The van der Waals surface area contributed by atoms with Crippen LogP contribution in [0.15, 0.2) is 15.5 Å². The van der Waals surface area contributed by atoms with Crippen LogP contribution in [-0.4, -0.2) is 28.9 Å². The molecule has 4 nitrogen and oxygen atoms in total. The normalized spacial score (nSPS) is 20.6. The van der Waals surface area contributed by atoms with E-state index in [0.717, 1.165) is 25.2 Å². The first-order valence-electron chi connectivity index (χ1n) is 6.69. The third-order valence-corrected chi connectivity index (χ3v) is 5.53. The Bertz CT molecular complexity index is 590. The Labute approximate surface area is 120 Å². The molecule has 0 unspecified atom stereocenters. The number of nitrogens with zero attached hydrogens (tertiary/aromatic N) is 1. The fourth-order valence-corrected chi connectivity index (χ4v) is 3.45. The number of amides is 1. The SMILES string of the molecule is Cc1[nH]cc(C(=O)N2CCC3(CCC3)C2)c(=O)c1Br. The summed E-state index contributed by atoms with van der Waals surface area (Å²) in [5.41, 5.74) is 1.15. The Balaban J connectivity index is 1.85. The summed E-state index contributed by atoms with van der Waals surface area (Å²) in [6, 6.07) is 0. The fourth-order valence-electron chi connectivity index (χ4n) is 3.12. The maximum atomic E-state index is 12.4. The van der Waals surface area contributed by atoms with Gasteiger partial charge in [0.05, 0.1) is 4.47 Å². The second-order valence-corrected chi connectivity index (χ2v) is 6.59. The second-order valence-electron chi connectivity index (χ2n) is 5.80. The Kier molecular flexibility index (Phi) is 3.04. The van der Waals surface area contributed by atoms with Gasteiger partial charge < -0.3 is 9.88 Å².